The highest BCUT2D eigenvalue weighted by atomic mass is 35.5. The van der Waals surface area contributed by atoms with Gasteiger partial charge in [0.05, 0.1) is 18.1 Å². The molecule has 0 aliphatic heterocycles. The monoisotopic (exact) mass is 325 g/mol. The van der Waals surface area contributed by atoms with Gasteiger partial charge in [0, 0.05) is 5.02 Å². The molecule has 0 atom stereocenters. The van der Waals surface area contributed by atoms with Gasteiger partial charge in [0.15, 0.2) is 0 Å². The smallest absolute Gasteiger partial charge is 0.341 e. The summed E-state index contributed by atoms with van der Waals surface area (Å²) in [4.78, 5) is 21.8. The van der Waals surface area contributed by atoms with Crippen LogP contribution in [0, 0.1) is 15.9 Å². The molecular formula is C14H9ClFNO5. The number of hydrogen-bond acceptors (Lipinski definition) is 5. The van der Waals surface area contributed by atoms with Gasteiger partial charge in [0.1, 0.15) is 17.1 Å². The maximum absolute atomic E-state index is 13.1. The fraction of sp³-hybridized carbons (Fsp3) is 0.0714. The third-order valence-corrected chi connectivity index (χ3v) is 2.92. The van der Waals surface area contributed by atoms with Crippen LogP contribution in [-0.2, 0) is 4.74 Å². The minimum absolute atomic E-state index is 0.00552. The summed E-state index contributed by atoms with van der Waals surface area (Å²) in [6, 6.07) is 6.95. The van der Waals surface area contributed by atoms with Gasteiger partial charge in [-0.3, -0.25) is 10.1 Å². The number of ether oxygens (including phenoxy) is 2. The van der Waals surface area contributed by atoms with Crippen LogP contribution in [0.3, 0.4) is 0 Å². The number of esters is 1. The van der Waals surface area contributed by atoms with Crippen molar-refractivity contribution in [2.45, 2.75) is 0 Å². The Labute approximate surface area is 129 Å². The molecule has 0 saturated carbocycles. The van der Waals surface area contributed by atoms with E-state index >= 15 is 0 Å². The van der Waals surface area contributed by atoms with E-state index in [0.717, 1.165) is 18.2 Å². The first-order chi connectivity index (χ1) is 10.4. The topological polar surface area (TPSA) is 78.7 Å². The molecular weight excluding hydrogens is 317 g/mol. The van der Waals surface area contributed by atoms with E-state index in [4.69, 9.17) is 16.3 Å². The van der Waals surface area contributed by atoms with Gasteiger partial charge in [0.2, 0.25) is 5.75 Å². The molecule has 0 aliphatic rings. The zero-order chi connectivity index (χ0) is 16.3. The Balaban J connectivity index is 2.48. The molecule has 8 heteroatoms. The maximum Gasteiger partial charge on any atom is 0.341 e. The lowest BCUT2D eigenvalue weighted by Crippen LogP contribution is -2.04. The molecule has 0 heterocycles. The highest BCUT2D eigenvalue weighted by Gasteiger charge is 2.20. The van der Waals surface area contributed by atoms with Gasteiger partial charge in [-0.25, -0.2) is 9.18 Å². The first-order valence-electron chi connectivity index (χ1n) is 5.92. The van der Waals surface area contributed by atoms with Crippen LogP contribution in [0.5, 0.6) is 11.5 Å². The van der Waals surface area contributed by atoms with Gasteiger partial charge in [0.25, 0.3) is 0 Å². The number of hydrogen-bond donors (Lipinski definition) is 0. The fourth-order valence-corrected chi connectivity index (χ4v) is 1.87. The van der Waals surface area contributed by atoms with Crippen LogP contribution in [0.2, 0.25) is 5.02 Å². The minimum atomic E-state index is -0.786. The molecule has 0 aromatic heterocycles. The fourth-order valence-electron chi connectivity index (χ4n) is 1.70. The van der Waals surface area contributed by atoms with Crippen molar-refractivity contribution in [3.8, 4) is 11.5 Å². The highest BCUT2D eigenvalue weighted by molar-refractivity contribution is 6.31. The van der Waals surface area contributed by atoms with Crippen molar-refractivity contribution >= 4 is 23.3 Å². The highest BCUT2D eigenvalue weighted by Crippen LogP contribution is 2.34. The maximum atomic E-state index is 13.1. The average Bonchev–Trinajstić information content (AvgIpc) is 2.49. The van der Waals surface area contributed by atoms with Crippen molar-refractivity contribution in [1.29, 1.82) is 0 Å². The van der Waals surface area contributed by atoms with Crippen LogP contribution in [0.15, 0.2) is 36.4 Å². The Morgan fingerprint density at radius 1 is 1.23 bits per heavy atom. The summed E-state index contributed by atoms with van der Waals surface area (Å²) in [5.41, 5.74) is -0.570. The zero-order valence-electron chi connectivity index (χ0n) is 11.2. The molecule has 0 aliphatic carbocycles. The van der Waals surface area contributed by atoms with Gasteiger partial charge < -0.3 is 9.47 Å². The van der Waals surface area contributed by atoms with Gasteiger partial charge in [-0.1, -0.05) is 11.6 Å². The lowest BCUT2D eigenvalue weighted by atomic mass is 10.2. The predicted molar refractivity (Wildman–Crippen MR) is 75.9 cm³/mol. The molecule has 0 saturated heterocycles. The normalized spacial score (nSPS) is 10.1. The quantitative estimate of drug-likeness (QED) is 0.483. The first-order valence-corrected chi connectivity index (χ1v) is 6.30. The second kappa shape index (κ2) is 6.40. The summed E-state index contributed by atoms with van der Waals surface area (Å²) < 4.78 is 23.1. The lowest BCUT2D eigenvalue weighted by Gasteiger charge is -2.10. The second-order valence-electron chi connectivity index (χ2n) is 4.10. The van der Waals surface area contributed by atoms with Crippen LogP contribution < -0.4 is 4.74 Å². The molecule has 0 bridgehead atoms. The molecule has 0 N–H and O–H groups in total. The number of halogens is 2. The molecule has 2 rings (SSSR count). The van der Waals surface area contributed by atoms with Gasteiger partial charge in [-0.15, -0.1) is 0 Å². The number of rotatable bonds is 4. The van der Waals surface area contributed by atoms with Crippen molar-refractivity contribution in [2.24, 2.45) is 0 Å². The Kier molecular flexibility index (Phi) is 4.57. The second-order valence-corrected chi connectivity index (χ2v) is 4.54. The first kappa shape index (κ1) is 15.7. The Morgan fingerprint density at radius 3 is 2.55 bits per heavy atom. The van der Waals surface area contributed by atoms with Crippen molar-refractivity contribution in [1.82, 2.24) is 0 Å². The summed E-state index contributed by atoms with van der Waals surface area (Å²) in [5.74, 6) is -1.70. The number of nitro groups is 1. The summed E-state index contributed by atoms with van der Waals surface area (Å²) in [6.07, 6.45) is 0. The van der Waals surface area contributed by atoms with Crippen molar-refractivity contribution < 1.29 is 23.6 Å². The average molecular weight is 326 g/mol. The third kappa shape index (κ3) is 3.32. The largest absolute Gasteiger partial charge is 0.465 e. The molecule has 2 aromatic carbocycles. The van der Waals surface area contributed by atoms with Crippen molar-refractivity contribution in [3.05, 3.63) is 62.9 Å². The Hall–Kier alpha value is -2.67. The van der Waals surface area contributed by atoms with E-state index in [1.165, 1.54) is 25.3 Å². The molecule has 0 spiro atoms. The number of methoxy groups -OCH3 is 1. The van der Waals surface area contributed by atoms with Gasteiger partial charge in [-0.2, -0.15) is 0 Å². The van der Waals surface area contributed by atoms with E-state index in [9.17, 15) is 19.3 Å². The Bertz CT molecular complexity index is 750. The molecule has 0 unspecified atom stereocenters. The van der Waals surface area contributed by atoms with E-state index in [1.807, 2.05) is 0 Å². The van der Waals surface area contributed by atoms with Crippen molar-refractivity contribution in [2.75, 3.05) is 7.11 Å². The van der Waals surface area contributed by atoms with Crippen LogP contribution in [0.25, 0.3) is 0 Å². The van der Waals surface area contributed by atoms with E-state index in [1.54, 1.807) is 0 Å². The van der Waals surface area contributed by atoms with Gasteiger partial charge >= 0.3 is 11.7 Å². The zero-order valence-corrected chi connectivity index (χ0v) is 12.0. The molecule has 6 nitrogen and oxygen atoms in total. The van der Waals surface area contributed by atoms with E-state index < -0.39 is 22.4 Å². The summed E-state index contributed by atoms with van der Waals surface area (Å²) in [5, 5.41) is 11.2. The molecule has 0 radical (unpaired) electrons. The number of nitrogens with zero attached hydrogens (tertiary/aromatic N) is 1. The SMILES string of the molecule is COC(=O)c1cc(Cl)ccc1Oc1ccc(F)cc1[N+](=O)[O-]. The van der Waals surface area contributed by atoms with Gasteiger partial charge in [-0.05, 0) is 30.3 Å². The van der Waals surface area contributed by atoms with E-state index in [-0.39, 0.29) is 22.1 Å². The van der Waals surface area contributed by atoms with Crippen molar-refractivity contribution in [3.63, 3.8) is 0 Å². The number of benzene rings is 2. The molecule has 2 aromatic rings. The predicted octanol–water partition coefficient (Wildman–Crippen LogP) is 3.97. The molecule has 0 fully saturated rings. The number of carbonyl (C=O) groups excluding carboxylic acids is 1. The summed E-state index contributed by atoms with van der Waals surface area (Å²) in [6.45, 7) is 0. The van der Waals surface area contributed by atoms with E-state index in [2.05, 4.69) is 4.74 Å². The summed E-state index contributed by atoms with van der Waals surface area (Å²) >= 11 is 5.80. The van der Waals surface area contributed by atoms with E-state index in [0.29, 0.717) is 0 Å². The number of nitro benzene ring substituents is 1. The minimum Gasteiger partial charge on any atom is -0.465 e. The third-order valence-electron chi connectivity index (χ3n) is 2.68. The Morgan fingerprint density at radius 2 is 1.91 bits per heavy atom. The summed E-state index contributed by atoms with van der Waals surface area (Å²) in [7, 11) is 1.17. The molecule has 114 valence electrons. The molecule has 0 amide bonds. The van der Waals surface area contributed by atoms with Crippen LogP contribution in [-0.4, -0.2) is 18.0 Å². The molecule has 22 heavy (non-hydrogen) atoms. The lowest BCUT2D eigenvalue weighted by molar-refractivity contribution is -0.385. The standard InChI is InChI=1S/C14H9ClFNO5/c1-21-14(18)10-6-8(15)2-4-12(10)22-13-5-3-9(16)7-11(13)17(19)20/h2-7H,1H3. The number of carbonyl (C=O) groups is 1. The van der Waals surface area contributed by atoms with Crippen LogP contribution >= 0.6 is 11.6 Å². The van der Waals surface area contributed by atoms with Crippen LogP contribution in [0.1, 0.15) is 10.4 Å². The van der Waals surface area contributed by atoms with Crippen LogP contribution in [0.4, 0.5) is 10.1 Å².